The number of rotatable bonds is 2. The molecule has 0 saturated carbocycles. The Kier molecular flexibility index (Phi) is 3.59. The summed E-state index contributed by atoms with van der Waals surface area (Å²) in [5.74, 6) is 2.21. The number of amides is 1. The lowest BCUT2D eigenvalue weighted by atomic mass is 10.2. The van der Waals surface area contributed by atoms with Crippen molar-refractivity contribution in [1.82, 2.24) is 4.90 Å². The van der Waals surface area contributed by atoms with Crippen molar-refractivity contribution in [3.8, 4) is 0 Å². The van der Waals surface area contributed by atoms with Crippen LogP contribution in [0, 0.1) is 0 Å². The summed E-state index contributed by atoms with van der Waals surface area (Å²) in [5, 5.41) is 0. The summed E-state index contributed by atoms with van der Waals surface area (Å²) in [6, 6.07) is 9.85. The molecule has 4 heteroatoms. The van der Waals surface area contributed by atoms with Gasteiger partial charge in [0.1, 0.15) is 0 Å². The second-order valence-corrected chi connectivity index (χ2v) is 6.06. The first-order valence-corrected chi connectivity index (χ1v) is 7.34. The van der Waals surface area contributed by atoms with Gasteiger partial charge in [-0.2, -0.15) is 0 Å². The molecule has 0 unspecified atom stereocenters. The number of carbonyl (C=O) groups is 1. The molecule has 0 aromatic heterocycles. The van der Waals surface area contributed by atoms with E-state index in [1.54, 1.807) is 0 Å². The molecule has 1 aliphatic heterocycles. The van der Waals surface area contributed by atoms with E-state index in [9.17, 15) is 4.79 Å². The van der Waals surface area contributed by atoms with Gasteiger partial charge in [0.05, 0.1) is 6.04 Å². The smallest absolute Gasteiger partial charge is 0.253 e. The number of hydrogen-bond donors (Lipinski definition) is 0. The highest BCUT2D eigenvalue weighted by molar-refractivity contribution is 8.77. The van der Waals surface area contributed by atoms with Crippen molar-refractivity contribution in [3.63, 3.8) is 0 Å². The van der Waals surface area contributed by atoms with Crippen LogP contribution in [0.4, 0.5) is 0 Å². The van der Waals surface area contributed by atoms with Crippen LogP contribution in [0.5, 0.6) is 0 Å². The van der Waals surface area contributed by atoms with E-state index in [1.165, 1.54) is 0 Å². The summed E-state index contributed by atoms with van der Waals surface area (Å²) in [4.78, 5) is 13.9. The highest BCUT2D eigenvalue weighted by Crippen LogP contribution is 2.33. The molecular weight excluding hydrogens is 226 g/mol. The summed E-state index contributed by atoms with van der Waals surface area (Å²) in [6.07, 6.45) is 0. The van der Waals surface area contributed by atoms with Crippen molar-refractivity contribution in [2.75, 3.05) is 18.6 Å². The molecule has 15 heavy (non-hydrogen) atoms. The summed E-state index contributed by atoms with van der Waals surface area (Å²) in [6.45, 7) is 0. The minimum absolute atomic E-state index is 0.128. The Morgan fingerprint density at radius 1 is 1.27 bits per heavy atom. The number of carbonyl (C=O) groups excluding carboxylic acids is 1. The molecule has 80 valence electrons. The Morgan fingerprint density at radius 2 is 1.87 bits per heavy atom. The van der Waals surface area contributed by atoms with Gasteiger partial charge in [0, 0.05) is 24.1 Å². The van der Waals surface area contributed by atoms with E-state index in [-0.39, 0.29) is 5.91 Å². The van der Waals surface area contributed by atoms with Crippen LogP contribution in [0.1, 0.15) is 10.4 Å². The third-order valence-electron chi connectivity index (χ3n) is 2.49. The summed E-state index contributed by atoms with van der Waals surface area (Å²) >= 11 is 0. The molecular formula is C11H13NOS2. The molecule has 0 N–H and O–H groups in total. The second kappa shape index (κ2) is 4.94. The molecule has 0 aliphatic carbocycles. The van der Waals surface area contributed by atoms with Crippen LogP contribution in [0.2, 0.25) is 0 Å². The van der Waals surface area contributed by atoms with Gasteiger partial charge < -0.3 is 4.90 Å². The normalized spacial score (nSPS) is 16.6. The molecule has 1 fully saturated rings. The van der Waals surface area contributed by atoms with Crippen LogP contribution >= 0.6 is 21.6 Å². The van der Waals surface area contributed by atoms with Crippen LogP contribution in [0.3, 0.4) is 0 Å². The third-order valence-corrected chi connectivity index (χ3v) is 5.02. The van der Waals surface area contributed by atoms with Gasteiger partial charge in [-0.15, -0.1) is 0 Å². The molecule has 0 radical (unpaired) electrons. The minimum Gasteiger partial charge on any atom is -0.337 e. The van der Waals surface area contributed by atoms with E-state index < -0.39 is 0 Å². The second-order valence-electron chi connectivity index (χ2n) is 3.50. The molecule has 0 atom stereocenters. The monoisotopic (exact) mass is 239 g/mol. The lowest BCUT2D eigenvalue weighted by Gasteiger charge is -2.23. The van der Waals surface area contributed by atoms with Gasteiger partial charge in [-0.25, -0.2) is 0 Å². The molecule has 1 aliphatic rings. The van der Waals surface area contributed by atoms with Gasteiger partial charge in [0.25, 0.3) is 5.91 Å². The molecule has 2 nitrogen and oxygen atoms in total. The Balaban J connectivity index is 2.07. The lowest BCUT2D eigenvalue weighted by Crippen LogP contribution is -2.38. The fraction of sp³-hybridized carbons (Fsp3) is 0.364. The zero-order chi connectivity index (χ0) is 10.7. The summed E-state index contributed by atoms with van der Waals surface area (Å²) in [7, 11) is 5.59. The quantitative estimate of drug-likeness (QED) is 0.740. The molecule has 1 amide bonds. The molecule has 0 spiro atoms. The van der Waals surface area contributed by atoms with E-state index in [2.05, 4.69) is 0 Å². The molecule has 1 aromatic carbocycles. The van der Waals surface area contributed by atoms with E-state index >= 15 is 0 Å². The minimum atomic E-state index is 0.128. The third kappa shape index (κ3) is 2.49. The first-order valence-electron chi connectivity index (χ1n) is 4.85. The first kappa shape index (κ1) is 10.9. The number of nitrogens with zero attached hydrogens (tertiary/aromatic N) is 1. The van der Waals surface area contributed by atoms with Crippen molar-refractivity contribution in [2.24, 2.45) is 0 Å². The Labute approximate surface area is 97.8 Å². The number of hydrogen-bond acceptors (Lipinski definition) is 3. The van der Waals surface area contributed by atoms with Gasteiger partial charge in [0.15, 0.2) is 0 Å². The predicted molar refractivity (Wildman–Crippen MR) is 67.2 cm³/mol. The lowest BCUT2D eigenvalue weighted by molar-refractivity contribution is 0.0761. The van der Waals surface area contributed by atoms with Crippen molar-refractivity contribution < 1.29 is 4.79 Å². The maximum absolute atomic E-state index is 12.0. The highest BCUT2D eigenvalue weighted by atomic mass is 33.1. The standard InChI is InChI=1S/C11H13NOS2/c1-12(10-7-14-15-8-10)11(13)9-5-3-2-4-6-9/h2-6,10H,7-8H2,1H3. The molecule has 1 aromatic rings. The van der Waals surface area contributed by atoms with Crippen molar-refractivity contribution >= 4 is 27.5 Å². The zero-order valence-electron chi connectivity index (χ0n) is 8.55. The summed E-state index contributed by atoms with van der Waals surface area (Å²) in [5.41, 5.74) is 0.780. The van der Waals surface area contributed by atoms with Crippen molar-refractivity contribution in [1.29, 1.82) is 0 Å². The van der Waals surface area contributed by atoms with Crippen LogP contribution in [-0.4, -0.2) is 35.4 Å². The fourth-order valence-electron chi connectivity index (χ4n) is 1.48. The maximum Gasteiger partial charge on any atom is 0.253 e. The van der Waals surface area contributed by atoms with E-state index in [0.29, 0.717) is 6.04 Å². The average Bonchev–Trinajstić information content (AvgIpc) is 2.82. The highest BCUT2D eigenvalue weighted by Gasteiger charge is 2.24. The SMILES string of the molecule is CN(C(=O)c1ccccc1)C1CSSC1. The average molecular weight is 239 g/mol. The van der Waals surface area contributed by atoms with E-state index in [1.807, 2.05) is 63.9 Å². The largest absolute Gasteiger partial charge is 0.337 e. The molecule has 0 bridgehead atoms. The zero-order valence-corrected chi connectivity index (χ0v) is 10.2. The molecule has 2 rings (SSSR count). The predicted octanol–water partition coefficient (Wildman–Crippen LogP) is 2.52. The molecule has 1 saturated heterocycles. The Morgan fingerprint density at radius 3 is 2.47 bits per heavy atom. The van der Waals surface area contributed by atoms with Crippen LogP contribution in [-0.2, 0) is 0 Å². The van der Waals surface area contributed by atoms with Gasteiger partial charge in [-0.1, -0.05) is 39.8 Å². The van der Waals surface area contributed by atoms with E-state index in [4.69, 9.17) is 0 Å². The molecule has 1 heterocycles. The summed E-state index contributed by atoms with van der Waals surface area (Å²) < 4.78 is 0. The Hall–Kier alpha value is -0.610. The van der Waals surface area contributed by atoms with Crippen LogP contribution in [0.25, 0.3) is 0 Å². The topological polar surface area (TPSA) is 20.3 Å². The van der Waals surface area contributed by atoms with Gasteiger partial charge >= 0.3 is 0 Å². The van der Waals surface area contributed by atoms with Gasteiger partial charge in [-0.05, 0) is 12.1 Å². The van der Waals surface area contributed by atoms with Crippen LogP contribution in [0.15, 0.2) is 30.3 Å². The van der Waals surface area contributed by atoms with E-state index in [0.717, 1.165) is 17.1 Å². The van der Waals surface area contributed by atoms with Crippen molar-refractivity contribution in [3.05, 3.63) is 35.9 Å². The van der Waals surface area contributed by atoms with Gasteiger partial charge in [0.2, 0.25) is 0 Å². The Bertz CT molecular complexity index is 336. The van der Waals surface area contributed by atoms with Gasteiger partial charge in [-0.3, -0.25) is 4.79 Å². The number of benzene rings is 1. The van der Waals surface area contributed by atoms with Crippen LogP contribution < -0.4 is 0 Å². The maximum atomic E-state index is 12.0. The fourth-order valence-corrected chi connectivity index (χ4v) is 4.33. The van der Waals surface area contributed by atoms with Crippen molar-refractivity contribution in [2.45, 2.75) is 6.04 Å². The first-order chi connectivity index (χ1) is 7.29.